The molecular formula is C43H43F3N12O4. The molecule has 16 nitrogen and oxygen atoms in total. The predicted octanol–water partition coefficient (Wildman–Crippen LogP) is 4.59. The van der Waals surface area contributed by atoms with E-state index in [-0.39, 0.29) is 66.7 Å². The van der Waals surface area contributed by atoms with Crippen LogP contribution in [0.3, 0.4) is 0 Å². The number of carbonyl (C=O) groups excluding carboxylic acids is 2. The van der Waals surface area contributed by atoms with Crippen molar-refractivity contribution in [2.24, 2.45) is 0 Å². The molecule has 2 aromatic carbocycles. The number of ether oxygens (including phenoxy) is 2. The molecule has 4 saturated heterocycles. The Morgan fingerprint density at radius 2 is 1.77 bits per heavy atom. The quantitative estimate of drug-likeness (QED) is 0.231. The Morgan fingerprint density at radius 1 is 0.935 bits per heavy atom. The second-order valence-electron chi connectivity index (χ2n) is 17.2. The number of aromatic nitrogens is 8. The summed E-state index contributed by atoms with van der Waals surface area (Å²) >= 11 is 0. The highest BCUT2D eigenvalue weighted by Crippen LogP contribution is 2.48. The lowest BCUT2D eigenvalue weighted by Crippen LogP contribution is -2.79. The largest absolute Gasteiger partial charge is 0.458 e. The molecule has 9 heterocycles. The smallest absolute Gasteiger partial charge is 0.317 e. The van der Waals surface area contributed by atoms with Crippen molar-refractivity contribution in [1.29, 1.82) is 0 Å². The Morgan fingerprint density at radius 3 is 2.56 bits per heavy atom. The zero-order valence-electron chi connectivity index (χ0n) is 34.5. The molecular weight excluding hydrogens is 806 g/mol. The molecule has 1 aliphatic carbocycles. The third kappa shape index (κ3) is 6.06. The third-order valence-corrected chi connectivity index (χ3v) is 13.0. The van der Waals surface area contributed by atoms with Crippen LogP contribution in [0.1, 0.15) is 45.4 Å². The lowest BCUT2D eigenvalue weighted by atomic mass is 9.75. The van der Waals surface area contributed by atoms with Gasteiger partial charge in [-0.05, 0) is 57.9 Å². The van der Waals surface area contributed by atoms with Gasteiger partial charge in [0.05, 0.1) is 53.5 Å². The van der Waals surface area contributed by atoms with Crippen LogP contribution < -0.4 is 14.5 Å². The fourth-order valence-corrected chi connectivity index (χ4v) is 10.1. The van der Waals surface area contributed by atoms with E-state index in [2.05, 4.69) is 15.1 Å². The summed E-state index contributed by atoms with van der Waals surface area (Å²) < 4.78 is 60.9. The molecule has 2 amide bonds. The van der Waals surface area contributed by atoms with E-state index in [1.807, 2.05) is 40.0 Å². The number of piperazine rings is 1. The van der Waals surface area contributed by atoms with E-state index in [0.717, 1.165) is 25.0 Å². The minimum absolute atomic E-state index is 0.00590. The molecule has 320 valence electrons. The van der Waals surface area contributed by atoms with Gasteiger partial charge in [-0.1, -0.05) is 0 Å². The fourth-order valence-electron chi connectivity index (χ4n) is 10.1. The first-order chi connectivity index (χ1) is 29.9. The van der Waals surface area contributed by atoms with E-state index in [1.54, 1.807) is 24.2 Å². The molecule has 0 unspecified atom stereocenters. The van der Waals surface area contributed by atoms with Gasteiger partial charge in [-0.2, -0.15) is 20.1 Å². The molecule has 12 rings (SSSR count). The maximum Gasteiger partial charge on any atom is 0.317 e. The first kappa shape index (κ1) is 38.5. The number of rotatable bonds is 6. The summed E-state index contributed by atoms with van der Waals surface area (Å²) in [5.41, 5.74) is 1.31. The number of amides is 2. The lowest BCUT2D eigenvalue weighted by molar-refractivity contribution is -0.147. The molecule has 5 fully saturated rings. The number of hydrogen-bond donors (Lipinski definition) is 0. The molecule has 1 saturated carbocycles. The molecule has 6 aliphatic rings. The molecule has 62 heavy (non-hydrogen) atoms. The van der Waals surface area contributed by atoms with Crippen molar-refractivity contribution in [3.63, 3.8) is 0 Å². The van der Waals surface area contributed by atoms with Gasteiger partial charge >= 0.3 is 6.01 Å². The number of aryl methyl sites for hydroxylation is 1. The summed E-state index contributed by atoms with van der Waals surface area (Å²) in [4.78, 5) is 60.4. The van der Waals surface area contributed by atoms with Crippen molar-refractivity contribution in [2.75, 3.05) is 43.1 Å². The van der Waals surface area contributed by atoms with Gasteiger partial charge in [0.15, 0.2) is 11.5 Å². The normalized spacial score (nSPS) is 25.0. The number of piperidine rings is 1. The van der Waals surface area contributed by atoms with Crippen molar-refractivity contribution in [2.45, 2.75) is 88.9 Å². The highest BCUT2D eigenvalue weighted by Gasteiger charge is 2.62. The Labute approximate surface area is 353 Å². The van der Waals surface area contributed by atoms with Gasteiger partial charge in [0.1, 0.15) is 46.6 Å². The monoisotopic (exact) mass is 848 g/mol. The number of anilines is 2. The van der Waals surface area contributed by atoms with E-state index >= 15 is 8.78 Å². The van der Waals surface area contributed by atoms with Crippen LogP contribution in [-0.4, -0.2) is 130 Å². The van der Waals surface area contributed by atoms with Crippen LogP contribution in [0.2, 0.25) is 0 Å². The van der Waals surface area contributed by atoms with Crippen LogP contribution in [0.4, 0.5) is 24.9 Å². The van der Waals surface area contributed by atoms with Crippen LogP contribution in [0.15, 0.2) is 48.8 Å². The van der Waals surface area contributed by atoms with E-state index in [9.17, 15) is 14.0 Å². The molecule has 4 aromatic heterocycles. The molecule has 6 bridgehead atoms. The zero-order chi connectivity index (χ0) is 42.8. The van der Waals surface area contributed by atoms with E-state index in [4.69, 9.17) is 24.4 Å². The minimum Gasteiger partial charge on any atom is -0.458 e. The molecule has 5 atom stereocenters. The first-order valence-corrected chi connectivity index (χ1v) is 21.0. The highest BCUT2D eigenvalue weighted by atomic mass is 19.1. The second kappa shape index (κ2) is 14.1. The van der Waals surface area contributed by atoms with Gasteiger partial charge < -0.3 is 33.6 Å². The number of benzene rings is 2. The predicted molar refractivity (Wildman–Crippen MR) is 219 cm³/mol. The number of carbonyl (C=O) groups is 2. The fraction of sp³-hybridized carbons (Fsp3) is 0.442. The second-order valence-corrected chi connectivity index (χ2v) is 17.2. The Kier molecular flexibility index (Phi) is 8.75. The molecule has 0 N–H and O–H groups in total. The van der Waals surface area contributed by atoms with E-state index in [0.29, 0.717) is 65.4 Å². The van der Waals surface area contributed by atoms with Gasteiger partial charge in [-0.3, -0.25) is 9.59 Å². The van der Waals surface area contributed by atoms with Gasteiger partial charge in [-0.15, -0.1) is 0 Å². The van der Waals surface area contributed by atoms with Crippen LogP contribution in [0, 0.1) is 24.4 Å². The van der Waals surface area contributed by atoms with E-state index in [1.165, 1.54) is 29.1 Å². The molecule has 6 aromatic rings. The number of imidazole rings is 1. The van der Waals surface area contributed by atoms with Crippen LogP contribution in [0.25, 0.3) is 39.0 Å². The summed E-state index contributed by atoms with van der Waals surface area (Å²) in [5.74, 6) is -1.11. The first-order valence-electron chi connectivity index (χ1n) is 21.0. The van der Waals surface area contributed by atoms with Crippen molar-refractivity contribution in [3.05, 3.63) is 72.1 Å². The SMILES string of the molecule is CCO[C@H]1CN(C)C(=O)[C@@H]2C[C@@H](CN2c2nc(N3[C@H]4CN(C5CC5)C(=O)[C@]3(C)C4)nc3c2cnn3-c2ccc(F)cc2F)Oc2nccc(n2)-c2cc(F)cc3nc(C)n(c23)C1. The number of halogens is 3. The number of nitrogens with zero attached hydrogens (tertiary/aromatic N) is 12. The van der Waals surface area contributed by atoms with Crippen LogP contribution in [-0.2, 0) is 20.9 Å². The average molecular weight is 849 g/mol. The summed E-state index contributed by atoms with van der Waals surface area (Å²) in [6.45, 7) is 7.17. The maximum atomic E-state index is 15.5. The topological polar surface area (TPSA) is 153 Å². The van der Waals surface area contributed by atoms with Gasteiger partial charge in [0, 0.05) is 69.5 Å². The third-order valence-electron chi connectivity index (χ3n) is 13.0. The van der Waals surface area contributed by atoms with Crippen molar-refractivity contribution < 1.29 is 32.2 Å². The lowest BCUT2D eigenvalue weighted by Gasteiger charge is -2.62. The van der Waals surface area contributed by atoms with Crippen molar-refractivity contribution in [3.8, 4) is 23.0 Å². The number of hydrogen-bond acceptors (Lipinski definition) is 12. The number of fused-ring (bicyclic) bond motifs is 8. The molecule has 5 aliphatic heterocycles. The Hall–Kier alpha value is -6.37. The zero-order valence-corrected chi connectivity index (χ0v) is 34.5. The highest BCUT2D eigenvalue weighted by molar-refractivity contribution is 5.97. The summed E-state index contributed by atoms with van der Waals surface area (Å²) in [6, 6.07) is 7.06. The van der Waals surface area contributed by atoms with Crippen molar-refractivity contribution >= 4 is 45.6 Å². The van der Waals surface area contributed by atoms with Crippen LogP contribution >= 0.6 is 0 Å². The summed E-state index contributed by atoms with van der Waals surface area (Å²) in [5, 5.41) is 4.95. The van der Waals surface area contributed by atoms with Gasteiger partial charge in [-0.25, -0.2) is 27.8 Å². The van der Waals surface area contributed by atoms with Gasteiger partial charge in [0.2, 0.25) is 17.8 Å². The minimum atomic E-state index is -0.920. The average Bonchev–Trinajstić information content (AvgIpc) is 3.74. The van der Waals surface area contributed by atoms with E-state index < -0.39 is 41.2 Å². The Bertz CT molecular complexity index is 2830. The molecule has 0 radical (unpaired) electrons. The maximum absolute atomic E-state index is 15.5. The molecule has 19 heteroatoms. The molecule has 0 spiro atoms. The number of likely N-dealkylation sites (N-methyl/N-ethyl adjacent to an activating group) is 1. The summed E-state index contributed by atoms with van der Waals surface area (Å²) in [7, 11) is 1.72. The summed E-state index contributed by atoms with van der Waals surface area (Å²) in [6.07, 6.45) is 4.68. The Balaban J connectivity index is 1.05. The van der Waals surface area contributed by atoms with Gasteiger partial charge in [0.25, 0.3) is 0 Å². The van der Waals surface area contributed by atoms with Crippen molar-refractivity contribution in [1.82, 2.24) is 49.1 Å². The standard InChI is InChI=1S/C43H43F3N12O4/c1-5-61-28-19-53(4)39(59)35-15-27(62-42-47-11-10-32(50-42)29-12-24(45)14-33-36(29)54(21-28)22(2)49-33)20-56(35)37-30-17-48-58(34-9-6-23(44)13-31(34)46)38(30)52-41(51-37)57-26-16-43(57,3)40(60)55(18-26)25-7-8-25/h6,9-14,17,25-28,35H,5,7-8,15-16,18-21H2,1-4H3/t26-,27+,28+,35+,43+/m1/s1. The van der Waals surface area contributed by atoms with Crippen LogP contribution in [0.5, 0.6) is 6.01 Å².